The molecule has 1 aliphatic rings. The van der Waals surface area contributed by atoms with Crippen LogP contribution in [0, 0.1) is 0 Å². The Kier molecular flexibility index (Phi) is 5.12. The van der Waals surface area contributed by atoms with E-state index in [1.54, 1.807) is 0 Å². The van der Waals surface area contributed by atoms with Gasteiger partial charge in [0, 0.05) is 18.1 Å². The molecule has 1 unspecified atom stereocenters. The van der Waals surface area contributed by atoms with E-state index in [0.717, 1.165) is 31.0 Å². The maximum absolute atomic E-state index is 5.50. The molecule has 1 aromatic carbocycles. The molecule has 118 valence electrons. The Labute approximate surface area is 128 Å². The first-order valence-corrected chi connectivity index (χ1v) is 7.82. The van der Waals surface area contributed by atoms with Gasteiger partial charge in [0.15, 0.2) is 11.5 Å². The van der Waals surface area contributed by atoms with E-state index in [9.17, 15) is 0 Å². The number of hydrogen-bond acceptors (Lipinski definition) is 4. The molecule has 0 fully saturated rings. The minimum atomic E-state index is 0.198. The molecule has 0 bridgehead atoms. The third-order valence-corrected chi connectivity index (χ3v) is 4.60. The molecule has 0 saturated carbocycles. The van der Waals surface area contributed by atoms with Crippen LogP contribution in [-0.4, -0.2) is 37.4 Å². The first-order valence-electron chi connectivity index (χ1n) is 7.82. The third-order valence-electron chi connectivity index (χ3n) is 4.60. The van der Waals surface area contributed by atoms with Crippen molar-refractivity contribution in [3.63, 3.8) is 0 Å². The zero-order valence-electron chi connectivity index (χ0n) is 13.9. The molecule has 1 aromatic rings. The lowest BCUT2D eigenvalue weighted by molar-refractivity contribution is 0.136. The quantitative estimate of drug-likeness (QED) is 0.837. The molecular weight excluding hydrogens is 264 g/mol. The summed E-state index contributed by atoms with van der Waals surface area (Å²) >= 11 is 0. The normalized spacial score (nSPS) is 15.5. The van der Waals surface area contributed by atoms with E-state index >= 15 is 0 Å². The van der Waals surface area contributed by atoms with Gasteiger partial charge in [-0.25, -0.2) is 0 Å². The van der Waals surface area contributed by atoms with Gasteiger partial charge < -0.3 is 14.8 Å². The maximum Gasteiger partial charge on any atom is 0.231 e. The highest BCUT2D eigenvalue weighted by molar-refractivity contribution is 5.45. The number of hydrogen-bond donors (Lipinski definition) is 1. The second-order valence-corrected chi connectivity index (χ2v) is 6.27. The van der Waals surface area contributed by atoms with Crippen LogP contribution in [-0.2, 0) is 0 Å². The van der Waals surface area contributed by atoms with Crippen molar-refractivity contribution in [3.8, 4) is 11.5 Å². The van der Waals surface area contributed by atoms with Gasteiger partial charge in [-0.3, -0.25) is 4.90 Å². The first-order chi connectivity index (χ1) is 9.97. The third kappa shape index (κ3) is 3.69. The smallest absolute Gasteiger partial charge is 0.231 e. The lowest BCUT2D eigenvalue weighted by Gasteiger charge is -2.37. The van der Waals surface area contributed by atoms with Crippen molar-refractivity contribution in [2.45, 2.75) is 45.7 Å². The van der Waals surface area contributed by atoms with Gasteiger partial charge in [-0.05, 0) is 51.6 Å². The zero-order valence-corrected chi connectivity index (χ0v) is 13.9. The van der Waals surface area contributed by atoms with Crippen LogP contribution in [0.2, 0.25) is 0 Å². The van der Waals surface area contributed by atoms with Crippen LogP contribution in [0.3, 0.4) is 0 Å². The number of rotatable bonds is 7. The molecule has 1 heterocycles. The molecule has 4 heteroatoms. The number of ether oxygens (including phenoxy) is 2. The van der Waals surface area contributed by atoms with Crippen LogP contribution in [0.1, 0.15) is 45.7 Å². The summed E-state index contributed by atoms with van der Waals surface area (Å²) in [4.78, 5) is 2.42. The molecule has 2 rings (SSSR count). The Morgan fingerprint density at radius 1 is 1.24 bits per heavy atom. The van der Waals surface area contributed by atoms with Crippen LogP contribution in [0.5, 0.6) is 11.5 Å². The Morgan fingerprint density at radius 3 is 2.62 bits per heavy atom. The molecule has 0 amide bonds. The van der Waals surface area contributed by atoms with Crippen molar-refractivity contribution >= 4 is 0 Å². The van der Waals surface area contributed by atoms with E-state index in [4.69, 9.17) is 9.47 Å². The van der Waals surface area contributed by atoms with Crippen LogP contribution in [0.25, 0.3) is 0 Å². The molecule has 0 aliphatic carbocycles. The van der Waals surface area contributed by atoms with Crippen molar-refractivity contribution in [2.24, 2.45) is 0 Å². The predicted octanol–water partition coefficient (Wildman–Crippen LogP) is 3.19. The van der Waals surface area contributed by atoms with Crippen LogP contribution >= 0.6 is 0 Å². The number of nitrogens with zero attached hydrogens (tertiary/aromatic N) is 1. The number of likely N-dealkylation sites (N-methyl/N-ethyl adjacent to an activating group) is 2. The maximum atomic E-state index is 5.50. The highest BCUT2D eigenvalue weighted by Crippen LogP contribution is 2.34. The van der Waals surface area contributed by atoms with Crippen molar-refractivity contribution in [1.29, 1.82) is 0 Å². The number of nitrogens with one attached hydrogen (secondary N) is 1. The molecule has 4 nitrogen and oxygen atoms in total. The van der Waals surface area contributed by atoms with Gasteiger partial charge in [-0.1, -0.05) is 19.9 Å². The summed E-state index contributed by atoms with van der Waals surface area (Å²) in [6, 6.07) is 6.53. The largest absolute Gasteiger partial charge is 0.454 e. The summed E-state index contributed by atoms with van der Waals surface area (Å²) in [5.41, 5.74) is 1.45. The van der Waals surface area contributed by atoms with Crippen molar-refractivity contribution in [2.75, 3.05) is 26.9 Å². The van der Waals surface area contributed by atoms with E-state index < -0.39 is 0 Å². The van der Waals surface area contributed by atoms with Crippen LogP contribution < -0.4 is 14.8 Å². The molecule has 0 saturated heterocycles. The minimum absolute atomic E-state index is 0.198. The second-order valence-electron chi connectivity index (χ2n) is 6.27. The summed E-state index contributed by atoms with van der Waals surface area (Å²) in [6.45, 7) is 11.2. The highest BCUT2D eigenvalue weighted by Gasteiger charge is 2.25. The molecular formula is C17H28N2O2. The molecule has 1 N–H and O–H groups in total. The van der Waals surface area contributed by atoms with Gasteiger partial charge >= 0.3 is 0 Å². The van der Waals surface area contributed by atoms with Gasteiger partial charge in [0.2, 0.25) is 6.79 Å². The topological polar surface area (TPSA) is 33.7 Å². The van der Waals surface area contributed by atoms with Crippen molar-refractivity contribution in [3.05, 3.63) is 23.8 Å². The van der Waals surface area contributed by atoms with E-state index in [-0.39, 0.29) is 5.54 Å². The van der Waals surface area contributed by atoms with Gasteiger partial charge in [0.05, 0.1) is 0 Å². The van der Waals surface area contributed by atoms with Crippen LogP contribution in [0.4, 0.5) is 0 Å². The summed E-state index contributed by atoms with van der Waals surface area (Å²) in [6.07, 6.45) is 1.13. The minimum Gasteiger partial charge on any atom is -0.454 e. The summed E-state index contributed by atoms with van der Waals surface area (Å²) in [5, 5.41) is 3.58. The van der Waals surface area contributed by atoms with Gasteiger partial charge in [0.25, 0.3) is 0 Å². The molecule has 0 spiro atoms. The molecule has 0 aromatic heterocycles. The number of fused-ring (bicyclic) bond motifs is 1. The van der Waals surface area contributed by atoms with Gasteiger partial charge in [-0.2, -0.15) is 0 Å². The van der Waals surface area contributed by atoms with E-state index in [2.05, 4.69) is 57.1 Å². The standard InChI is InChI=1S/C17H28N2O2/c1-6-17(3,4)19(5)11-14(18-7-2)13-8-9-15-16(10-13)21-12-20-15/h8-10,14,18H,6-7,11-12H2,1-5H3. The zero-order chi connectivity index (χ0) is 15.5. The Bertz CT molecular complexity index is 474. The lowest BCUT2D eigenvalue weighted by Crippen LogP contribution is -2.45. The van der Waals surface area contributed by atoms with E-state index in [1.165, 1.54) is 5.56 Å². The summed E-state index contributed by atoms with van der Waals surface area (Å²) in [7, 11) is 2.20. The lowest BCUT2D eigenvalue weighted by atomic mass is 9.97. The molecule has 21 heavy (non-hydrogen) atoms. The fraction of sp³-hybridized carbons (Fsp3) is 0.647. The predicted molar refractivity (Wildman–Crippen MR) is 86.0 cm³/mol. The van der Waals surface area contributed by atoms with Crippen LogP contribution in [0.15, 0.2) is 18.2 Å². The highest BCUT2D eigenvalue weighted by atomic mass is 16.7. The summed E-state index contributed by atoms with van der Waals surface area (Å²) < 4.78 is 10.9. The number of benzene rings is 1. The Morgan fingerprint density at radius 2 is 1.95 bits per heavy atom. The summed E-state index contributed by atoms with van der Waals surface area (Å²) in [5.74, 6) is 1.70. The Hall–Kier alpha value is -1.26. The average Bonchev–Trinajstić information content (AvgIpc) is 2.93. The molecule has 0 radical (unpaired) electrons. The van der Waals surface area contributed by atoms with Crippen molar-refractivity contribution in [1.82, 2.24) is 10.2 Å². The fourth-order valence-electron chi connectivity index (χ4n) is 2.45. The first kappa shape index (κ1) is 16.1. The monoisotopic (exact) mass is 292 g/mol. The second kappa shape index (κ2) is 6.67. The van der Waals surface area contributed by atoms with Crippen molar-refractivity contribution < 1.29 is 9.47 Å². The van der Waals surface area contributed by atoms with E-state index in [0.29, 0.717) is 12.8 Å². The fourth-order valence-corrected chi connectivity index (χ4v) is 2.45. The SMILES string of the molecule is CCNC(CN(C)C(C)(C)CC)c1ccc2c(c1)OCO2. The molecule has 1 atom stereocenters. The van der Waals surface area contributed by atoms with E-state index in [1.807, 2.05) is 6.07 Å². The average molecular weight is 292 g/mol. The Balaban J connectivity index is 2.15. The van der Waals surface area contributed by atoms with Gasteiger partial charge in [0.1, 0.15) is 0 Å². The van der Waals surface area contributed by atoms with Gasteiger partial charge in [-0.15, -0.1) is 0 Å². The molecule has 1 aliphatic heterocycles.